The molecule has 0 aliphatic heterocycles. The van der Waals surface area contributed by atoms with Gasteiger partial charge in [-0.1, -0.05) is 11.6 Å². The number of nitrogens with two attached hydrogens (primary N) is 1. The Morgan fingerprint density at radius 2 is 2.21 bits per heavy atom. The maximum absolute atomic E-state index is 5.90. The fourth-order valence-electron chi connectivity index (χ4n) is 1.33. The molecular formula is C11H16ClNO. The van der Waals surface area contributed by atoms with E-state index in [4.69, 9.17) is 22.1 Å². The SMILES string of the molecule is COc1ccc(Cl)cc1CCC(C)N. The normalized spacial score (nSPS) is 12.6. The highest BCUT2D eigenvalue weighted by Gasteiger charge is 2.04. The molecule has 2 nitrogen and oxygen atoms in total. The van der Waals surface area contributed by atoms with Crippen LogP contribution in [0.4, 0.5) is 0 Å². The molecule has 0 fully saturated rings. The Morgan fingerprint density at radius 1 is 1.50 bits per heavy atom. The number of hydrogen-bond donors (Lipinski definition) is 1. The fourth-order valence-corrected chi connectivity index (χ4v) is 1.52. The van der Waals surface area contributed by atoms with Gasteiger partial charge < -0.3 is 10.5 Å². The van der Waals surface area contributed by atoms with E-state index >= 15 is 0 Å². The smallest absolute Gasteiger partial charge is 0.122 e. The molecule has 1 aromatic rings. The van der Waals surface area contributed by atoms with Crippen LogP contribution >= 0.6 is 11.6 Å². The van der Waals surface area contributed by atoms with Gasteiger partial charge in [0, 0.05) is 11.1 Å². The van der Waals surface area contributed by atoms with E-state index in [1.54, 1.807) is 7.11 Å². The Labute approximate surface area is 90.0 Å². The molecule has 0 aliphatic rings. The molecule has 0 aromatic heterocycles. The topological polar surface area (TPSA) is 35.2 Å². The number of hydrogen-bond acceptors (Lipinski definition) is 2. The number of rotatable bonds is 4. The van der Waals surface area contributed by atoms with Crippen molar-refractivity contribution < 1.29 is 4.74 Å². The molecule has 0 bridgehead atoms. The van der Waals surface area contributed by atoms with Gasteiger partial charge in [0.2, 0.25) is 0 Å². The molecule has 0 saturated carbocycles. The lowest BCUT2D eigenvalue weighted by Gasteiger charge is -2.10. The molecule has 0 aliphatic carbocycles. The van der Waals surface area contributed by atoms with Gasteiger partial charge in [0.1, 0.15) is 5.75 Å². The summed E-state index contributed by atoms with van der Waals surface area (Å²) >= 11 is 5.90. The first-order valence-corrected chi connectivity index (χ1v) is 5.09. The molecule has 0 amide bonds. The van der Waals surface area contributed by atoms with Crippen molar-refractivity contribution in [2.24, 2.45) is 5.73 Å². The Bertz CT molecular complexity index is 299. The zero-order valence-corrected chi connectivity index (χ0v) is 9.34. The minimum absolute atomic E-state index is 0.207. The van der Waals surface area contributed by atoms with E-state index in [1.165, 1.54) is 0 Å². The summed E-state index contributed by atoms with van der Waals surface area (Å²) in [7, 11) is 1.67. The number of methoxy groups -OCH3 is 1. The van der Waals surface area contributed by atoms with E-state index in [2.05, 4.69) is 0 Å². The second-order valence-electron chi connectivity index (χ2n) is 3.47. The van der Waals surface area contributed by atoms with Crippen molar-refractivity contribution in [1.29, 1.82) is 0 Å². The minimum Gasteiger partial charge on any atom is -0.496 e. The fraction of sp³-hybridized carbons (Fsp3) is 0.455. The van der Waals surface area contributed by atoms with E-state index in [1.807, 2.05) is 25.1 Å². The zero-order chi connectivity index (χ0) is 10.6. The standard InChI is InChI=1S/C11H16ClNO/c1-8(13)3-4-9-7-10(12)5-6-11(9)14-2/h5-8H,3-4,13H2,1-2H3. The van der Waals surface area contributed by atoms with Gasteiger partial charge in [-0.2, -0.15) is 0 Å². The Kier molecular flexibility index (Phi) is 4.23. The first-order valence-electron chi connectivity index (χ1n) is 4.71. The average molecular weight is 214 g/mol. The largest absolute Gasteiger partial charge is 0.496 e. The van der Waals surface area contributed by atoms with Crippen molar-refractivity contribution in [3.63, 3.8) is 0 Å². The Hall–Kier alpha value is -0.730. The van der Waals surface area contributed by atoms with Crippen molar-refractivity contribution in [3.8, 4) is 5.75 Å². The van der Waals surface area contributed by atoms with Crippen LogP contribution in [0.25, 0.3) is 0 Å². The minimum atomic E-state index is 0.207. The zero-order valence-electron chi connectivity index (χ0n) is 8.59. The van der Waals surface area contributed by atoms with E-state index < -0.39 is 0 Å². The van der Waals surface area contributed by atoms with Gasteiger partial charge in [-0.05, 0) is 43.5 Å². The third-order valence-corrected chi connectivity index (χ3v) is 2.35. The third kappa shape index (κ3) is 3.20. The van der Waals surface area contributed by atoms with Crippen LogP contribution in [0.15, 0.2) is 18.2 Å². The first-order chi connectivity index (χ1) is 6.63. The molecule has 0 saturated heterocycles. The molecule has 1 rings (SSSR count). The molecule has 0 spiro atoms. The Morgan fingerprint density at radius 3 is 2.79 bits per heavy atom. The summed E-state index contributed by atoms with van der Waals surface area (Å²) in [5.74, 6) is 0.884. The van der Waals surface area contributed by atoms with Crippen molar-refractivity contribution in [2.75, 3.05) is 7.11 Å². The summed E-state index contributed by atoms with van der Waals surface area (Å²) in [6, 6.07) is 5.86. The van der Waals surface area contributed by atoms with Gasteiger partial charge in [0.25, 0.3) is 0 Å². The van der Waals surface area contributed by atoms with Crippen LogP contribution in [0.5, 0.6) is 5.75 Å². The van der Waals surface area contributed by atoms with Gasteiger partial charge in [-0.3, -0.25) is 0 Å². The second kappa shape index (κ2) is 5.23. The predicted molar refractivity (Wildman–Crippen MR) is 60.0 cm³/mol. The Balaban J connectivity index is 2.77. The lowest BCUT2D eigenvalue weighted by molar-refractivity contribution is 0.408. The molecule has 0 radical (unpaired) electrons. The number of aryl methyl sites for hydroxylation is 1. The van der Waals surface area contributed by atoms with Crippen LogP contribution in [-0.4, -0.2) is 13.2 Å². The van der Waals surface area contributed by atoms with E-state index in [9.17, 15) is 0 Å². The maximum atomic E-state index is 5.90. The van der Waals surface area contributed by atoms with Crippen molar-refractivity contribution in [1.82, 2.24) is 0 Å². The monoisotopic (exact) mass is 213 g/mol. The predicted octanol–water partition coefficient (Wildman–Crippen LogP) is 2.63. The maximum Gasteiger partial charge on any atom is 0.122 e. The quantitative estimate of drug-likeness (QED) is 0.835. The molecular weight excluding hydrogens is 198 g/mol. The molecule has 1 unspecified atom stereocenters. The third-order valence-electron chi connectivity index (χ3n) is 2.11. The summed E-state index contributed by atoms with van der Waals surface area (Å²) < 4.78 is 5.23. The van der Waals surface area contributed by atoms with Crippen molar-refractivity contribution in [3.05, 3.63) is 28.8 Å². The number of halogens is 1. The van der Waals surface area contributed by atoms with E-state index in [-0.39, 0.29) is 6.04 Å². The molecule has 3 heteroatoms. The van der Waals surface area contributed by atoms with Gasteiger partial charge in [0.05, 0.1) is 7.11 Å². The van der Waals surface area contributed by atoms with Crippen molar-refractivity contribution in [2.45, 2.75) is 25.8 Å². The number of ether oxygens (including phenoxy) is 1. The van der Waals surface area contributed by atoms with Crippen LogP contribution in [0, 0.1) is 0 Å². The summed E-state index contributed by atoms with van der Waals surface area (Å²) in [6.45, 7) is 2.00. The summed E-state index contributed by atoms with van der Waals surface area (Å²) in [4.78, 5) is 0. The van der Waals surface area contributed by atoms with Crippen LogP contribution in [-0.2, 0) is 6.42 Å². The first kappa shape index (κ1) is 11.3. The average Bonchev–Trinajstić information content (AvgIpc) is 2.15. The van der Waals surface area contributed by atoms with Crippen LogP contribution < -0.4 is 10.5 Å². The lowest BCUT2D eigenvalue weighted by Crippen LogP contribution is -2.15. The van der Waals surface area contributed by atoms with Gasteiger partial charge in [0.15, 0.2) is 0 Å². The highest BCUT2D eigenvalue weighted by molar-refractivity contribution is 6.30. The van der Waals surface area contributed by atoms with Crippen LogP contribution in [0.2, 0.25) is 5.02 Å². The van der Waals surface area contributed by atoms with Gasteiger partial charge in [-0.15, -0.1) is 0 Å². The molecule has 1 aromatic carbocycles. The highest BCUT2D eigenvalue weighted by Crippen LogP contribution is 2.23. The lowest BCUT2D eigenvalue weighted by atomic mass is 10.1. The molecule has 14 heavy (non-hydrogen) atoms. The molecule has 78 valence electrons. The van der Waals surface area contributed by atoms with E-state index in [0.717, 1.165) is 29.2 Å². The van der Waals surface area contributed by atoms with Crippen molar-refractivity contribution >= 4 is 11.6 Å². The summed E-state index contributed by atoms with van der Waals surface area (Å²) in [5, 5.41) is 0.741. The highest BCUT2D eigenvalue weighted by atomic mass is 35.5. The second-order valence-corrected chi connectivity index (χ2v) is 3.91. The van der Waals surface area contributed by atoms with Crippen LogP contribution in [0.1, 0.15) is 18.9 Å². The van der Waals surface area contributed by atoms with Gasteiger partial charge in [-0.25, -0.2) is 0 Å². The van der Waals surface area contributed by atoms with E-state index in [0.29, 0.717) is 0 Å². The number of benzene rings is 1. The molecule has 2 N–H and O–H groups in total. The van der Waals surface area contributed by atoms with Gasteiger partial charge >= 0.3 is 0 Å². The van der Waals surface area contributed by atoms with Crippen LogP contribution in [0.3, 0.4) is 0 Å². The molecule has 1 atom stereocenters. The summed E-state index contributed by atoms with van der Waals surface area (Å²) in [5.41, 5.74) is 6.82. The molecule has 0 heterocycles. The summed E-state index contributed by atoms with van der Waals surface area (Å²) in [6.07, 6.45) is 1.85.